The van der Waals surface area contributed by atoms with Crippen molar-refractivity contribution in [2.75, 3.05) is 77.1 Å². The van der Waals surface area contributed by atoms with Crippen LogP contribution in [0.25, 0.3) is 0 Å². The third kappa shape index (κ3) is 6.78. The fraction of sp³-hybridized carbons (Fsp3) is 0.600. The molecule has 1 aromatic rings. The number of hydrogen-bond acceptors (Lipinski definition) is 6. The van der Waals surface area contributed by atoms with E-state index in [9.17, 15) is 9.59 Å². The van der Waals surface area contributed by atoms with E-state index in [1.54, 1.807) is 0 Å². The summed E-state index contributed by atoms with van der Waals surface area (Å²) in [6.45, 7) is 7.96. The van der Waals surface area contributed by atoms with Crippen LogP contribution in [-0.2, 0) is 25.5 Å². The summed E-state index contributed by atoms with van der Waals surface area (Å²) in [6.07, 6.45) is 0.268. The van der Waals surface area contributed by atoms with Crippen LogP contribution in [0.4, 0.5) is 5.69 Å². The van der Waals surface area contributed by atoms with Crippen LogP contribution in [-0.4, -0.2) is 89.0 Å². The zero-order valence-corrected chi connectivity index (χ0v) is 16.3. The van der Waals surface area contributed by atoms with E-state index in [2.05, 4.69) is 20.4 Å². The van der Waals surface area contributed by atoms with Crippen LogP contribution in [0.3, 0.4) is 0 Å². The Kier molecular flexibility index (Phi) is 8.07. The van der Waals surface area contributed by atoms with E-state index >= 15 is 0 Å². The number of anilines is 1. The summed E-state index contributed by atoms with van der Waals surface area (Å²) < 4.78 is 10.7. The zero-order chi connectivity index (χ0) is 19.6. The van der Waals surface area contributed by atoms with Crippen molar-refractivity contribution in [1.82, 2.24) is 15.5 Å². The Hall–Kier alpha value is -2.16. The van der Waals surface area contributed by atoms with E-state index < -0.39 is 0 Å². The number of rotatable bonds is 8. The zero-order valence-electron chi connectivity index (χ0n) is 16.3. The van der Waals surface area contributed by atoms with Gasteiger partial charge in [0, 0.05) is 45.0 Å². The normalized spacial score (nSPS) is 17.9. The lowest BCUT2D eigenvalue weighted by atomic mass is 10.1. The molecule has 2 saturated heterocycles. The number of hydrogen-bond donors (Lipinski definition) is 2. The van der Waals surface area contributed by atoms with Crippen molar-refractivity contribution >= 4 is 17.5 Å². The number of amides is 2. The van der Waals surface area contributed by atoms with Gasteiger partial charge in [-0.05, 0) is 17.7 Å². The van der Waals surface area contributed by atoms with Crippen LogP contribution in [0.2, 0.25) is 0 Å². The second kappa shape index (κ2) is 11.0. The third-order valence-electron chi connectivity index (χ3n) is 4.98. The Morgan fingerprint density at radius 2 is 1.50 bits per heavy atom. The molecule has 8 heteroatoms. The summed E-state index contributed by atoms with van der Waals surface area (Å²) in [4.78, 5) is 28.5. The summed E-state index contributed by atoms with van der Waals surface area (Å²) in [6, 6.07) is 8.00. The summed E-state index contributed by atoms with van der Waals surface area (Å²) in [5.41, 5.74) is 2.08. The van der Waals surface area contributed by atoms with Crippen LogP contribution in [0.15, 0.2) is 24.3 Å². The first-order chi connectivity index (χ1) is 13.7. The molecule has 0 aliphatic carbocycles. The van der Waals surface area contributed by atoms with Crippen LogP contribution in [0.1, 0.15) is 5.56 Å². The van der Waals surface area contributed by atoms with Crippen molar-refractivity contribution in [2.24, 2.45) is 0 Å². The highest BCUT2D eigenvalue weighted by Crippen LogP contribution is 2.16. The summed E-state index contributed by atoms with van der Waals surface area (Å²) in [5, 5.41) is 5.53. The average molecular weight is 390 g/mol. The van der Waals surface area contributed by atoms with Crippen LogP contribution in [0, 0.1) is 0 Å². The quantitative estimate of drug-likeness (QED) is 0.630. The van der Waals surface area contributed by atoms with Gasteiger partial charge in [0.05, 0.1) is 39.4 Å². The minimum Gasteiger partial charge on any atom is -0.379 e. The Morgan fingerprint density at radius 3 is 2.18 bits per heavy atom. The highest BCUT2D eigenvalue weighted by molar-refractivity contribution is 5.85. The van der Waals surface area contributed by atoms with E-state index in [1.807, 2.05) is 24.3 Å². The maximum atomic E-state index is 12.1. The van der Waals surface area contributed by atoms with Crippen molar-refractivity contribution in [2.45, 2.75) is 6.42 Å². The van der Waals surface area contributed by atoms with Gasteiger partial charge in [-0.1, -0.05) is 12.1 Å². The SMILES string of the molecule is O=C(CNC(=O)Cc1ccc(N2CCOCC2)cc1)NCCN1CCOCC1. The van der Waals surface area contributed by atoms with Crippen molar-refractivity contribution < 1.29 is 19.1 Å². The van der Waals surface area contributed by atoms with E-state index in [1.165, 1.54) is 0 Å². The number of morpholine rings is 2. The molecule has 28 heavy (non-hydrogen) atoms. The van der Waals surface area contributed by atoms with E-state index in [0.29, 0.717) is 6.54 Å². The Bertz CT molecular complexity index is 626. The van der Waals surface area contributed by atoms with E-state index in [4.69, 9.17) is 9.47 Å². The first-order valence-corrected chi connectivity index (χ1v) is 9.96. The monoisotopic (exact) mass is 390 g/mol. The number of carbonyl (C=O) groups excluding carboxylic acids is 2. The number of ether oxygens (including phenoxy) is 2. The lowest BCUT2D eigenvalue weighted by molar-refractivity contribution is -0.125. The van der Waals surface area contributed by atoms with Gasteiger partial charge in [-0.2, -0.15) is 0 Å². The van der Waals surface area contributed by atoms with E-state index in [-0.39, 0.29) is 24.8 Å². The number of nitrogens with zero attached hydrogens (tertiary/aromatic N) is 2. The van der Waals surface area contributed by atoms with Crippen molar-refractivity contribution in [3.8, 4) is 0 Å². The minimum absolute atomic E-state index is 0.00774. The van der Waals surface area contributed by atoms with Gasteiger partial charge in [0.15, 0.2) is 0 Å². The molecular formula is C20H30N4O4. The predicted molar refractivity (Wildman–Crippen MR) is 106 cm³/mol. The molecule has 2 heterocycles. The molecule has 0 unspecified atom stereocenters. The molecular weight excluding hydrogens is 360 g/mol. The van der Waals surface area contributed by atoms with Crippen LogP contribution >= 0.6 is 0 Å². The molecule has 2 N–H and O–H groups in total. The van der Waals surface area contributed by atoms with Gasteiger partial charge in [0.1, 0.15) is 0 Å². The topological polar surface area (TPSA) is 83.1 Å². The molecule has 0 atom stereocenters. The summed E-state index contributed by atoms with van der Waals surface area (Å²) in [5.74, 6) is -0.313. The second-order valence-electron chi connectivity index (χ2n) is 7.02. The summed E-state index contributed by atoms with van der Waals surface area (Å²) in [7, 11) is 0. The number of nitrogens with one attached hydrogen (secondary N) is 2. The molecule has 8 nitrogen and oxygen atoms in total. The molecule has 0 spiro atoms. The largest absolute Gasteiger partial charge is 0.379 e. The molecule has 0 saturated carbocycles. The van der Waals surface area contributed by atoms with Gasteiger partial charge >= 0.3 is 0 Å². The maximum Gasteiger partial charge on any atom is 0.239 e. The molecule has 2 amide bonds. The molecule has 2 fully saturated rings. The van der Waals surface area contributed by atoms with Gasteiger partial charge in [-0.15, -0.1) is 0 Å². The minimum atomic E-state index is -0.163. The lowest BCUT2D eigenvalue weighted by Gasteiger charge is -2.28. The van der Waals surface area contributed by atoms with Crippen LogP contribution in [0.5, 0.6) is 0 Å². The number of benzene rings is 1. The van der Waals surface area contributed by atoms with Gasteiger partial charge in [-0.3, -0.25) is 14.5 Å². The predicted octanol–water partition coefficient (Wildman–Crippen LogP) is -0.370. The Labute approximate surface area is 166 Å². The molecule has 0 radical (unpaired) electrons. The fourth-order valence-corrected chi connectivity index (χ4v) is 3.31. The van der Waals surface area contributed by atoms with E-state index in [0.717, 1.165) is 70.4 Å². The van der Waals surface area contributed by atoms with Crippen molar-refractivity contribution in [3.05, 3.63) is 29.8 Å². The maximum absolute atomic E-state index is 12.1. The van der Waals surface area contributed by atoms with Crippen molar-refractivity contribution in [1.29, 1.82) is 0 Å². The smallest absolute Gasteiger partial charge is 0.239 e. The van der Waals surface area contributed by atoms with Gasteiger partial charge in [0.25, 0.3) is 0 Å². The summed E-state index contributed by atoms with van der Waals surface area (Å²) >= 11 is 0. The van der Waals surface area contributed by atoms with Gasteiger partial charge in [-0.25, -0.2) is 0 Å². The molecule has 0 bridgehead atoms. The third-order valence-corrected chi connectivity index (χ3v) is 4.98. The van der Waals surface area contributed by atoms with Gasteiger partial charge < -0.3 is 25.0 Å². The van der Waals surface area contributed by atoms with Gasteiger partial charge in [0.2, 0.25) is 11.8 Å². The second-order valence-corrected chi connectivity index (χ2v) is 7.02. The highest BCUT2D eigenvalue weighted by Gasteiger charge is 2.12. The molecule has 2 aliphatic rings. The standard InChI is InChI=1S/C20H30N4O4/c25-19(22-16-20(26)21-5-6-23-7-11-27-12-8-23)15-17-1-3-18(4-2-17)24-9-13-28-14-10-24/h1-4H,5-16H2,(H,21,26)(H,22,25). The molecule has 1 aromatic carbocycles. The molecule has 3 rings (SSSR count). The molecule has 0 aromatic heterocycles. The molecule has 154 valence electrons. The first-order valence-electron chi connectivity index (χ1n) is 9.96. The van der Waals surface area contributed by atoms with Crippen molar-refractivity contribution in [3.63, 3.8) is 0 Å². The fourth-order valence-electron chi connectivity index (χ4n) is 3.31. The first kappa shape index (κ1) is 20.6. The highest BCUT2D eigenvalue weighted by atomic mass is 16.5. The Morgan fingerprint density at radius 1 is 0.857 bits per heavy atom. The lowest BCUT2D eigenvalue weighted by Crippen LogP contribution is -2.43. The molecule has 2 aliphatic heterocycles. The average Bonchev–Trinajstić information content (AvgIpc) is 2.74. The van der Waals surface area contributed by atoms with Crippen LogP contribution < -0.4 is 15.5 Å². The Balaban J connectivity index is 1.31. The number of carbonyl (C=O) groups is 2.